The van der Waals surface area contributed by atoms with E-state index in [0.717, 1.165) is 0 Å². The number of hydrogen-bond donors (Lipinski definition) is 0. The van der Waals surface area contributed by atoms with E-state index in [-0.39, 0.29) is 11.7 Å². The van der Waals surface area contributed by atoms with E-state index in [0.29, 0.717) is 59.8 Å². The highest BCUT2D eigenvalue weighted by Crippen LogP contribution is 2.26. The van der Waals surface area contributed by atoms with Gasteiger partial charge in [-0.3, -0.25) is 4.79 Å². The molecule has 3 aromatic rings. The normalized spacial score (nSPS) is 14.0. The Morgan fingerprint density at radius 2 is 1.83 bits per heavy atom. The number of halogens is 2. The van der Waals surface area contributed by atoms with E-state index in [1.54, 1.807) is 48.2 Å². The van der Waals surface area contributed by atoms with Crippen molar-refractivity contribution in [2.45, 2.75) is 6.92 Å². The molecule has 0 saturated carbocycles. The maximum atomic E-state index is 13.3. The van der Waals surface area contributed by atoms with Crippen molar-refractivity contribution in [1.82, 2.24) is 14.9 Å². The van der Waals surface area contributed by atoms with Gasteiger partial charge < -0.3 is 14.5 Å². The van der Waals surface area contributed by atoms with Crippen LogP contribution in [0.25, 0.3) is 0 Å². The predicted molar refractivity (Wildman–Crippen MR) is 113 cm³/mol. The molecule has 0 atom stereocenters. The lowest BCUT2D eigenvalue weighted by Crippen LogP contribution is -2.49. The first-order valence-corrected chi connectivity index (χ1v) is 9.94. The van der Waals surface area contributed by atoms with E-state index in [4.69, 9.17) is 16.3 Å². The van der Waals surface area contributed by atoms with Crippen LogP contribution in [-0.4, -0.2) is 47.0 Å². The van der Waals surface area contributed by atoms with Crippen molar-refractivity contribution in [3.8, 4) is 11.6 Å². The molecule has 0 radical (unpaired) electrons. The maximum Gasteiger partial charge on any atom is 0.255 e. The van der Waals surface area contributed by atoms with Crippen molar-refractivity contribution < 1.29 is 13.9 Å². The van der Waals surface area contributed by atoms with Gasteiger partial charge >= 0.3 is 0 Å². The summed E-state index contributed by atoms with van der Waals surface area (Å²) < 4.78 is 19.1. The Morgan fingerprint density at radius 1 is 1.07 bits per heavy atom. The van der Waals surface area contributed by atoms with Crippen LogP contribution in [0, 0.1) is 12.7 Å². The van der Waals surface area contributed by atoms with Gasteiger partial charge in [-0.05, 0) is 42.8 Å². The minimum absolute atomic E-state index is 0.0706. The Bertz CT molecular complexity index is 1070. The molecule has 8 heteroatoms. The zero-order chi connectivity index (χ0) is 21.1. The number of piperazine rings is 1. The molecule has 1 aliphatic heterocycles. The largest absolute Gasteiger partial charge is 0.439 e. The molecule has 0 spiro atoms. The monoisotopic (exact) mass is 426 g/mol. The van der Waals surface area contributed by atoms with Crippen molar-refractivity contribution in [3.05, 3.63) is 76.8 Å². The van der Waals surface area contributed by atoms with Gasteiger partial charge in [-0.15, -0.1) is 0 Å². The number of hydrogen-bond acceptors (Lipinski definition) is 5. The quantitative estimate of drug-likeness (QED) is 0.621. The molecule has 0 aliphatic carbocycles. The fourth-order valence-corrected chi connectivity index (χ4v) is 3.56. The summed E-state index contributed by atoms with van der Waals surface area (Å²) in [5, 5.41) is 0.457. The first kappa shape index (κ1) is 20.1. The number of rotatable bonds is 4. The van der Waals surface area contributed by atoms with Crippen molar-refractivity contribution in [2.75, 3.05) is 31.1 Å². The molecular weight excluding hydrogens is 407 g/mol. The van der Waals surface area contributed by atoms with E-state index >= 15 is 0 Å². The number of ether oxygens (including phenoxy) is 1. The SMILES string of the molecule is Cc1cc(F)ccc1Oc1cc(N2CCN(C(=O)c3ccccc3Cl)CC2)ncn1. The average Bonchev–Trinajstić information content (AvgIpc) is 2.76. The van der Waals surface area contributed by atoms with Gasteiger partial charge in [-0.1, -0.05) is 23.7 Å². The summed E-state index contributed by atoms with van der Waals surface area (Å²) in [6.07, 6.45) is 1.44. The lowest BCUT2D eigenvalue weighted by molar-refractivity contribution is 0.0746. The third-order valence-electron chi connectivity index (χ3n) is 4.97. The molecule has 4 rings (SSSR count). The number of amides is 1. The van der Waals surface area contributed by atoms with Crippen molar-refractivity contribution in [1.29, 1.82) is 0 Å². The molecular formula is C22H20ClFN4O2. The third-order valence-corrected chi connectivity index (χ3v) is 5.30. The molecule has 154 valence electrons. The van der Waals surface area contributed by atoms with E-state index in [2.05, 4.69) is 14.9 Å². The second-order valence-electron chi connectivity index (χ2n) is 6.99. The molecule has 30 heavy (non-hydrogen) atoms. The van der Waals surface area contributed by atoms with Gasteiger partial charge in [0, 0.05) is 32.2 Å². The van der Waals surface area contributed by atoms with Crippen LogP contribution in [0.15, 0.2) is 54.9 Å². The molecule has 1 aliphatic rings. The third kappa shape index (κ3) is 4.36. The smallest absolute Gasteiger partial charge is 0.255 e. The highest BCUT2D eigenvalue weighted by Gasteiger charge is 2.24. The van der Waals surface area contributed by atoms with Gasteiger partial charge in [0.05, 0.1) is 10.6 Å². The number of aryl methyl sites for hydroxylation is 1. The van der Waals surface area contributed by atoms with E-state index < -0.39 is 0 Å². The first-order valence-electron chi connectivity index (χ1n) is 9.56. The van der Waals surface area contributed by atoms with Crippen LogP contribution < -0.4 is 9.64 Å². The Kier molecular flexibility index (Phi) is 5.81. The highest BCUT2D eigenvalue weighted by atomic mass is 35.5. The zero-order valence-corrected chi connectivity index (χ0v) is 17.1. The predicted octanol–water partition coefficient (Wildman–Crippen LogP) is 4.33. The van der Waals surface area contributed by atoms with Crippen LogP contribution in [0.2, 0.25) is 5.02 Å². The fraction of sp³-hybridized carbons (Fsp3) is 0.227. The van der Waals surface area contributed by atoms with E-state index in [1.165, 1.54) is 18.5 Å². The van der Waals surface area contributed by atoms with Crippen LogP contribution in [0.1, 0.15) is 15.9 Å². The van der Waals surface area contributed by atoms with E-state index in [9.17, 15) is 9.18 Å². The van der Waals surface area contributed by atoms with Gasteiger partial charge in [0.25, 0.3) is 5.91 Å². The van der Waals surface area contributed by atoms with Crippen molar-refractivity contribution in [3.63, 3.8) is 0 Å². The molecule has 2 heterocycles. The van der Waals surface area contributed by atoms with Crippen LogP contribution in [0.4, 0.5) is 10.2 Å². The Morgan fingerprint density at radius 3 is 2.57 bits per heavy atom. The maximum absolute atomic E-state index is 13.3. The average molecular weight is 427 g/mol. The van der Waals surface area contributed by atoms with Crippen LogP contribution >= 0.6 is 11.6 Å². The summed E-state index contributed by atoms with van der Waals surface area (Å²) in [6, 6.07) is 13.1. The number of anilines is 1. The summed E-state index contributed by atoms with van der Waals surface area (Å²) in [4.78, 5) is 25.1. The Labute approximate surface area is 178 Å². The van der Waals surface area contributed by atoms with Crippen LogP contribution in [-0.2, 0) is 0 Å². The zero-order valence-electron chi connectivity index (χ0n) is 16.4. The molecule has 1 aromatic heterocycles. The molecule has 1 saturated heterocycles. The van der Waals surface area contributed by atoms with Gasteiger partial charge in [0.2, 0.25) is 5.88 Å². The highest BCUT2D eigenvalue weighted by molar-refractivity contribution is 6.33. The number of aromatic nitrogens is 2. The minimum Gasteiger partial charge on any atom is -0.439 e. The lowest BCUT2D eigenvalue weighted by Gasteiger charge is -2.35. The second-order valence-corrected chi connectivity index (χ2v) is 7.39. The van der Waals surface area contributed by atoms with Crippen LogP contribution in [0.5, 0.6) is 11.6 Å². The molecule has 1 fully saturated rings. The van der Waals surface area contributed by atoms with Crippen LogP contribution in [0.3, 0.4) is 0 Å². The number of benzene rings is 2. The Balaban J connectivity index is 1.42. The number of carbonyl (C=O) groups is 1. The van der Waals surface area contributed by atoms with Gasteiger partial charge in [-0.2, -0.15) is 0 Å². The molecule has 0 unspecified atom stereocenters. The van der Waals surface area contributed by atoms with Crippen molar-refractivity contribution in [2.24, 2.45) is 0 Å². The molecule has 1 amide bonds. The summed E-state index contributed by atoms with van der Waals surface area (Å²) >= 11 is 6.16. The topological polar surface area (TPSA) is 58.6 Å². The minimum atomic E-state index is -0.313. The van der Waals surface area contributed by atoms with Gasteiger partial charge in [-0.25, -0.2) is 14.4 Å². The standard InChI is InChI=1S/C22H20ClFN4O2/c1-15-12-16(24)6-7-19(15)30-21-13-20(25-14-26-21)27-8-10-28(11-9-27)22(29)17-4-2-3-5-18(17)23/h2-7,12-14H,8-11H2,1H3. The summed E-state index contributed by atoms with van der Waals surface area (Å²) in [5.41, 5.74) is 1.20. The molecule has 0 N–H and O–H groups in total. The summed E-state index contributed by atoms with van der Waals surface area (Å²) in [6.45, 7) is 4.14. The summed E-state index contributed by atoms with van der Waals surface area (Å²) in [5.74, 6) is 1.25. The molecule has 2 aromatic carbocycles. The Hall–Kier alpha value is -3.19. The lowest BCUT2D eigenvalue weighted by atomic mass is 10.2. The first-order chi connectivity index (χ1) is 14.5. The molecule has 0 bridgehead atoms. The van der Waals surface area contributed by atoms with E-state index in [1.807, 2.05) is 0 Å². The molecule has 6 nitrogen and oxygen atoms in total. The summed E-state index contributed by atoms with van der Waals surface area (Å²) in [7, 11) is 0. The van der Waals surface area contributed by atoms with Crippen molar-refractivity contribution >= 4 is 23.3 Å². The second kappa shape index (κ2) is 8.67. The van der Waals surface area contributed by atoms with Gasteiger partial charge in [0.1, 0.15) is 23.7 Å². The number of carbonyl (C=O) groups excluding carboxylic acids is 1. The fourth-order valence-electron chi connectivity index (χ4n) is 3.34. The number of nitrogens with zero attached hydrogens (tertiary/aromatic N) is 4. The van der Waals surface area contributed by atoms with Gasteiger partial charge in [0.15, 0.2) is 0 Å².